The van der Waals surface area contributed by atoms with E-state index in [1.165, 1.54) is 19.1 Å². The standard InChI is InChI=1S/C15H19F3N2O2S.ClH/c1-9-2-5-13(8-14(9)15(16,17)18)23(21,22)20-12-6-10-3-4-11(7-12)19-10;/h2,5,8,10-12,19-20H,3-4,6-7H2,1H3;1H. The van der Waals surface area contributed by atoms with Crippen LogP contribution in [0.4, 0.5) is 13.2 Å². The zero-order chi connectivity index (χ0) is 16.8. The van der Waals surface area contributed by atoms with Gasteiger partial charge in [-0.05, 0) is 50.3 Å². The summed E-state index contributed by atoms with van der Waals surface area (Å²) in [6.07, 6.45) is -1.18. The zero-order valence-corrected chi connectivity index (χ0v) is 14.7. The van der Waals surface area contributed by atoms with E-state index in [4.69, 9.17) is 0 Å². The summed E-state index contributed by atoms with van der Waals surface area (Å²) in [5, 5.41) is 3.40. The number of nitrogens with one attached hydrogen (secondary N) is 2. The third-order valence-electron chi connectivity index (χ3n) is 4.62. The van der Waals surface area contributed by atoms with Gasteiger partial charge < -0.3 is 5.32 Å². The van der Waals surface area contributed by atoms with Crippen LogP contribution in [0.2, 0.25) is 0 Å². The van der Waals surface area contributed by atoms with E-state index in [0.717, 1.165) is 12.8 Å². The van der Waals surface area contributed by atoms with Crippen LogP contribution in [0.25, 0.3) is 0 Å². The van der Waals surface area contributed by atoms with Gasteiger partial charge in [-0.15, -0.1) is 12.4 Å². The van der Waals surface area contributed by atoms with Crippen molar-refractivity contribution >= 4 is 22.4 Å². The molecular formula is C15H20ClF3N2O2S. The van der Waals surface area contributed by atoms with Crippen LogP contribution in [0.5, 0.6) is 0 Å². The first-order chi connectivity index (χ1) is 10.6. The Kier molecular flexibility index (Phi) is 5.54. The molecule has 2 aliphatic rings. The fraction of sp³-hybridized carbons (Fsp3) is 0.600. The average molecular weight is 385 g/mol. The van der Waals surface area contributed by atoms with E-state index in [9.17, 15) is 21.6 Å². The van der Waals surface area contributed by atoms with Crippen molar-refractivity contribution < 1.29 is 21.6 Å². The van der Waals surface area contributed by atoms with Gasteiger partial charge in [-0.3, -0.25) is 0 Å². The van der Waals surface area contributed by atoms with E-state index in [1.54, 1.807) is 0 Å². The third kappa shape index (κ3) is 4.04. The molecule has 2 atom stereocenters. The van der Waals surface area contributed by atoms with Crippen molar-refractivity contribution in [1.29, 1.82) is 0 Å². The summed E-state index contributed by atoms with van der Waals surface area (Å²) in [5.41, 5.74) is -0.901. The van der Waals surface area contributed by atoms with Gasteiger partial charge in [-0.25, -0.2) is 13.1 Å². The molecule has 0 spiro atoms. The molecular weight excluding hydrogens is 365 g/mol. The number of hydrogen-bond donors (Lipinski definition) is 2. The van der Waals surface area contributed by atoms with E-state index in [0.29, 0.717) is 31.0 Å². The first-order valence-corrected chi connectivity index (χ1v) is 9.10. The minimum Gasteiger partial charge on any atom is -0.311 e. The molecule has 2 unspecified atom stereocenters. The van der Waals surface area contributed by atoms with Crippen LogP contribution in [0.15, 0.2) is 23.1 Å². The molecule has 24 heavy (non-hydrogen) atoms. The maximum atomic E-state index is 13.0. The number of alkyl halides is 3. The van der Waals surface area contributed by atoms with Crippen LogP contribution in [-0.4, -0.2) is 26.5 Å². The van der Waals surface area contributed by atoms with Crippen molar-refractivity contribution in [1.82, 2.24) is 10.0 Å². The zero-order valence-electron chi connectivity index (χ0n) is 13.1. The molecule has 0 radical (unpaired) electrons. The summed E-state index contributed by atoms with van der Waals surface area (Å²) in [6.45, 7) is 1.32. The highest BCUT2D eigenvalue weighted by Crippen LogP contribution is 2.33. The topological polar surface area (TPSA) is 58.2 Å². The summed E-state index contributed by atoms with van der Waals surface area (Å²) in [6, 6.07) is 3.50. The fourth-order valence-corrected chi connectivity index (χ4v) is 4.80. The molecule has 2 saturated heterocycles. The molecule has 0 aliphatic carbocycles. The number of benzene rings is 1. The van der Waals surface area contributed by atoms with Crippen molar-refractivity contribution in [2.45, 2.75) is 61.8 Å². The highest BCUT2D eigenvalue weighted by atomic mass is 35.5. The summed E-state index contributed by atoms with van der Waals surface area (Å²) in [4.78, 5) is -0.332. The second-order valence-electron chi connectivity index (χ2n) is 6.40. The van der Waals surface area contributed by atoms with E-state index >= 15 is 0 Å². The van der Waals surface area contributed by atoms with Gasteiger partial charge in [0.15, 0.2) is 0 Å². The Morgan fingerprint density at radius 1 is 1.17 bits per heavy atom. The minimum absolute atomic E-state index is 0. The maximum absolute atomic E-state index is 13.0. The fourth-order valence-electron chi connectivity index (χ4n) is 3.51. The highest BCUT2D eigenvalue weighted by molar-refractivity contribution is 7.89. The lowest BCUT2D eigenvalue weighted by Gasteiger charge is -2.29. The van der Waals surface area contributed by atoms with Gasteiger partial charge in [0.2, 0.25) is 10.0 Å². The molecule has 136 valence electrons. The van der Waals surface area contributed by atoms with Gasteiger partial charge in [0, 0.05) is 18.1 Å². The summed E-state index contributed by atoms with van der Waals surface area (Å²) >= 11 is 0. The number of aryl methyl sites for hydroxylation is 1. The van der Waals surface area contributed by atoms with Crippen molar-refractivity contribution in [2.75, 3.05) is 0 Å². The molecule has 9 heteroatoms. The van der Waals surface area contributed by atoms with Crippen molar-refractivity contribution in [2.24, 2.45) is 0 Å². The van der Waals surface area contributed by atoms with Gasteiger partial charge in [0.05, 0.1) is 10.5 Å². The van der Waals surface area contributed by atoms with Gasteiger partial charge >= 0.3 is 6.18 Å². The normalized spacial score (nSPS) is 26.9. The Labute approximate surface area is 145 Å². The number of sulfonamides is 1. The molecule has 1 aromatic rings. The van der Waals surface area contributed by atoms with E-state index in [2.05, 4.69) is 10.0 Å². The van der Waals surface area contributed by atoms with E-state index in [-0.39, 0.29) is 28.9 Å². The number of rotatable bonds is 3. The molecule has 2 aliphatic heterocycles. The first-order valence-electron chi connectivity index (χ1n) is 7.61. The smallest absolute Gasteiger partial charge is 0.311 e. The second kappa shape index (κ2) is 6.82. The van der Waals surface area contributed by atoms with Crippen LogP contribution < -0.4 is 10.0 Å². The van der Waals surface area contributed by atoms with Crippen molar-refractivity contribution in [3.05, 3.63) is 29.3 Å². The van der Waals surface area contributed by atoms with Gasteiger partial charge in [0.1, 0.15) is 0 Å². The number of piperidine rings is 1. The monoisotopic (exact) mass is 384 g/mol. The molecule has 0 aromatic heterocycles. The molecule has 2 heterocycles. The molecule has 0 amide bonds. The maximum Gasteiger partial charge on any atom is 0.416 e. The van der Waals surface area contributed by atoms with Crippen LogP contribution in [0.3, 0.4) is 0 Å². The Bertz CT molecular complexity index is 697. The predicted molar refractivity (Wildman–Crippen MR) is 86.7 cm³/mol. The van der Waals surface area contributed by atoms with Crippen LogP contribution in [0.1, 0.15) is 36.8 Å². The lowest BCUT2D eigenvalue weighted by atomic mass is 10.0. The van der Waals surface area contributed by atoms with Crippen LogP contribution in [-0.2, 0) is 16.2 Å². The minimum atomic E-state index is -4.57. The van der Waals surface area contributed by atoms with Crippen LogP contribution in [0, 0.1) is 6.92 Å². The van der Waals surface area contributed by atoms with Crippen molar-refractivity contribution in [3.63, 3.8) is 0 Å². The molecule has 4 nitrogen and oxygen atoms in total. The summed E-state index contributed by atoms with van der Waals surface area (Å²) in [5.74, 6) is 0. The predicted octanol–water partition coefficient (Wildman–Crippen LogP) is 3.00. The second-order valence-corrected chi connectivity index (χ2v) is 8.12. The Morgan fingerprint density at radius 3 is 2.29 bits per heavy atom. The van der Waals surface area contributed by atoms with Gasteiger partial charge in [-0.1, -0.05) is 6.07 Å². The Hall–Kier alpha value is -0.830. The molecule has 2 N–H and O–H groups in total. The molecule has 1 aromatic carbocycles. The van der Waals surface area contributed by atoms with E-state index in [1.807, 2.05) is 0 Å². The largest absolute Gasteiger partial charge is 0.416 e. The van der Waals surface area contributed by atoms with Gasteiger partial charge in [-0.2, -0.15) is 13.2 Å². The quantitative estimate of drug-likeness (QED) is 0.842. The lowest BCUT2D eigenvalue weighted by molar-refractivity contribution is -0.138. The first kappa shape index (κ1) is 19.5. The van der Waals surface area contributed by atoms with Crippen LogP contribution >= 0.6 is 12.4 Å². The number of fused-ring (bicyclic) bond motifs is 2. The SMILES string of the molecule is Cc1ccc(S(=O)(=O)NC2CC3CCC(C2)N3)cc1C(F)(F)F.Cl. The molecule has 2 fully saturated rings. The molecule has 0 saturated carbocycles. The highest BCUT2D eigenvalue weighted by Gasteiger charge is 2.37. The lowest BCUT2D eigenvalue weighted by Crippen LogP contribution is -2.47. The summed E-state index contributed by atoms with van der Waals surface area (Å²) in [7, 11) is -3.96. The third-order valence-corrected chi connectivity index (χ3v) is 6.14. The Morgan fingerprint density at radius 2 is 1.75 bits per heavy atom. The average Bonchev–Trinajstić information content (AvgIpc) is 2.76. The molecule has 3 rings (SSSR count). The van der Waals surface area contributed by atoms with Gasteiger partial charge in [0.25, 0.3) is 0 Å². The number of hydrogen-bond acceptors (Lipinski definition) is 3. The summed E-state index contributed by atoms with van der Waals surface area (Å²) < 4.78 is 66.3. The number of halogens is 4. The van der Waals surface area contributed by atoms with Crippen molar-refractivity contribution in [3.8, 4) is 0 Å². The molecule has 2 bridgehead atoms. The Balaban J connectivity index is 0.00000208. The van der Waals surface area contributed by atoms with E-state index < -0.39 is 21.8 Å².